The van der Waals surface area contributed by atoms with Gasteiger partial charge in [-0.3, -0.25) is 37.5 Å². The zero-order chi connectivity index (χ0) is 57.4. The van der Waals surface area contributed by atoms with Crippen molar-refractivity contribution < 1.29 is 79.1 Å². The molecule has 0 radical (unpaired) electrons. The normalized spacial score (nSPS) is 16.8. The SMILES string of the molecule is CCn1cc(S(=O)(=O)N2C[C@@H](CS(=O)(=O)CC)Cc3ncc(CC(=O)OC(C)(C)C(F)(F)F)cc32)c(Cl)n1.CCn1cc(S(=O)(=O)N2C[C@H](CS(=O)(=O)CC)Cc3ncc(CC(=O)OC(C)(C)C(F)(F)F)cc32)c(Cl)n1. The first-order valence-electron chi connectivity index (χ1n) is 23.2. The number of sulfone groups is 2. The van der Waals surface area contributed by atoms with Crippen molar-refractivity contribution in [3.05, 3.63) is 69.7 Å². The first-order chi connectivity index (χ1) is 34.8. The number of carbonyl (C=O) groups is 2. The van der Waals surface area contributed by atoms with Gasteiger partial charge in [0.05, 0.1) is 47.1 Å². The summed E-state index contributed by atoms with van der Waals surface area (Å²) < 4.78 is 197. The minimum atomic E-state index is -4.79. The van der Waals surface area contributed by atoms with Crippen LogP contribution in [0.5, 0.6) is 0 Å². The molecule has 2 atom stereocenters. The number of aromatic nitrogens is 6. The maximum atomic E-state index is 13.7. The number of pyridine rings is 2. The van der Waals surface area contributed by atoms with E-state index in [9.17, 15) is 69.6 Å². The van der Waals surface area contributed by atoms with Crippen LogP contribution in [0, 0.1) is 11.8 Å². The van der Waals surface area contributed by atoms with Crippen LogP contribution >= 0.6 is 23.2 Å². The summed E-state index contributed by atoms with van der Waals surface area (Å²) >= 11 is 12.2. The van der Waals surface area contributed by atoms with E-state index in [-0.39, 0.29) is 103 Å². The summed E-state index contributed by atoms with van der Waals surface area (Å²) in [4.78, 5) is 32.5. The topological polar surface area (TPSA) is 257 Å². The van der Waals surface area contributed by atoms with Crippen LogP contribution in [-0.2, 0) is 97.6 Å². The monoisotopic (exact) mass is 1200 g/mol. The number of nitrogens with zero attached hydrogens (tertiary/aromatic N) is 8. The molecule has 424 valence electrons. The number of carbonyl (C=O) groups excluding carboxylic acids is 2. The van der Waals surface area contributed by atoms with Crippen LogP contribution in [0.4, 0.5) is 37.7 Å². The number of anilines is 2. The largest absolute Gasteiger partial charge is 0.450 e. The molecule has 76 heavy (non-hydrogen) atoms. The Bertz CT molecular complexity index is 3070. The first-order valence-corrected chi connectivity index (χ1v) is 30.5. The summed E-state index contributed by atoms with van der Waals surface area (Å²) in [7, 11) is -15.7. The average molecular weight is 1200 g/mol. The maximum Gasteiger partial charge on any atom is 0.427 e. The first kappa shape index (κ1) is 62.1. The molecule has 0 spiro atoms. The highest BCUT2D eigenvalue weighted by molar-refractivity contribution is 7.93. The van der Waals surface area contributed by atoms with Crippen LogP contribution in [0.25, 0.3) is 0 Å². The van der Waals surface area contributed by atoms with Crippen molar-refractivity contribution in [1.82, 2.24) is 29.5 Å². The third kappa shape index (κ3) is 14.5. The van der Waals surface area contributed by atoms with Gasteiger partial charge < -0.3 is 9.47 Å². The Labute approximate surface area is 446 Å². The van der Waals surface area contributed by atoms with E-state index in [4.69, 9.17) is 23.2 Å². The number of ether oxygens (including phenoxy) is 2. The fourth-order valence-corrected chi connectivity index (χ4v) is 14.1. The van der Waals surface area contributed by atoms with E-state index < -0.39 is 99.9 Å². The molecule has 0 unspecified atom stereocenters. The van der Waals surface area contributed by atoms with Gasteiger partial charge in [-0.15, -0.1) is 0 Å². The van der Waals surface area contributed by atoms with Crippen LogP contribution in [0.15, 0.2) is 46.7 Å². The molecular formula is C44H56Cl2F6N8O12S4. The summed E-state index contributed by atoms with van der Waals surface area (Å²) in [5.41, 5.74) is -4.59. The molecule has 0 amide bonds. The standard InChI is InChI=1S/2C22H28ClF3N4O6S2/c2*1-5-29-12-18(20(23)28-29)38(34,35)30-11-15(13-37(32,33)6-2)7-16-17(30)8-14(10-27-16)9-19(31)36-21(3,4)22(24,25)26/h2*8,10,12,15H,5-7,9,11,13H2,1-4H3/t2*15-/m10/s1. The van der Waals surface area contributed by atoms with E-state index >= 15 is 0 Å². The minimum absolute atomic E-state index is 0.0656. The van der Waals surface area contributed by atoms with Gasteiger partial charge in [0.2, 0.25) is 11.2 Å². The van der Waals surface area contributed by atoms with E-state index in [2.05, 4.69) is 29.6 Å². The van der Waals surface area contributed by atoms with Crippen molar-refractivity contribution in [3.63, 3.8) is 0 Å². The molecule has 0 aliphatic carbocycles. The number of rotatable bonds is 18. The lowest BCUT2D eigenvalue weighted by atomic mass is 9.98. The average Bonchev–Trinajstić information content (AvgIpc) is 3.89. The molecule has 0 aromatic carbocycles. The second-order valence-electron chi connectivity index (χ2n) is 18.8. The van der Waals surface area contributed by atoms with E-state index in [0.717, 1.165) is 36.3 Å². The molecule has 4 aromatic heterocycles. The van der Waals surface area contributed by atoms with Gasteiger partial charge in [-0.2, -0.15) is 36.5 Å². The smallest absolute Gasteiger partial charge is 0.427 e. The molecule has 4 aromatic rings. The highest BCUT2D eigenvalue weighted by atomic mass is 35.5. The number of hydrogen-bond acceptors (Lipinski definition) is 16. The Hall–Kier alpha value is -4.78. The van der Waals surface area contributed by atoms with Crippen molar-refractivity contribution in [2.45, 2.75) is 128 Å². The van der Waals surface area contributed by atoms with Gasteiger partial charge in [-0.25, -0.2) is 33.7 Å². The number of alkyl halides is 6. The van der Waals surface area contributed by atoms with Crippen LogP contribution in [0.3, 0.4) is 0 Å². The van der Waals surface area contributed by atoms with Crippen LogP contribution < -0.4 is 8.61 Å². The number of sulfonamides is 2. The van der Waals surface area contributed by atoms with Gasteiger partial charge in [0.15, 0.2) is 10.3 Å². The molecular weight excluding hydrogens is 1150 g/mol. The Morgan fingerprint density at radius 3 is 1.21 bits per heavy atom. The van der Waals surface area contributed by atoms with Crippen LogP contribution in [0.2, 0.25) is 10.3 Å². The number of fused-ring (bicyclic) bond motifs is 2. The van der Waals surface area contributed by atoms with Gasteiger partial charge in [-0.1, -0.05) is 37.0 Å². The Morgan fingerprint density at radius 2 is 0.934 bits per heavy atom. The van der Waals surface area contributed by atoms with Gasteiger partial charge in [0, 0.05) is 62.5 Å². The lowest BCUT2D eigenvalue weighted by Crippen LogP contribution is -2.44. The summed E-state index contributed by atoms with van der Waals surface area (Å²) in [5.74, 6) is -4.42. The summed E-state index contributed by atoms with van der Waals surface area (Å²) in [6.07, 6.45) is -5.58. The molecule has 0 fully saturated rings. The Kier molecular flexibility index (Phi) is 18.7. The van der Waals surface area contributed by atoms with Gasteiger partial charge >= 0.3 is 24.3 Å². The van der Waals surface area contributed by atoms with Gasteiger partial charge in [-0.05, 0) is 89.5 Å². The van der Waals surface area contributed by atoms with Gasteiger partial charge in [0.25, 0.3) is 20.0 Å². The fraction of sp³-hybridized carbons (Fsp3) is 0.591. The maximum absolute atomic E-state index is 13.7. The zero-order valence-corrected chi connectivity index (χ0v) is 47.0. The van der Waals surface area contributed by atoms with Crippen molar-refractivity contribution in [1.29, 1.82) is 0 Å². The molecule has 2 aliphatic rings. The van der Waals surface area contributed by atoms with E-state index in [1.807, 2.05) is 0 Å². The summed E-state index contributed by atoms with van der Waals surface area (Å²) in [5, 5.41) is 7.36. The van der Waals surface area contributed by atoms with Crippen molar-refractivity contribution in [2.75, 3.05) is 44.7 Å². The van der Waals surface area contributed by atoms with Crippen molar-refractivity contribution >= 4 is 86.2 Å². The highest BCUT2D eigenvalue weighted by Crippen LogP contribution is 2.39. The van der Waals surface area contributed by atoms with Crippen molar-refractivity contribution in [2.24, 2.45) is 11.8 Å². The molecule has 0 bridgehead atoms. The minimum Gasteiger partial charge on any atom is -0.450 e. The fourth-order valence-electron chi connectivity index (χ4n) is 7.72. The second-order valence-corrected chi connectivity index (χ2v) is 28.0. The Morgan fingerprint density at radius 1 is 0.605 bits per heavy atom. The predicted octanol–water partition coefficient (Wildman–Crippen LogP) is 6.36. The van der Waals surface area contributed by atoms with Crippen LogP contribution in [0.1, 0.15) is 77.9 Å². The molecule has 6 rings (SSSR count). The summed E-state index contributed by atoms with van der Waals surface area (Å²) in [6.45, 7) is 9.54. The van der Waals surface area contributed by atoms with Gasteiger partial charge in [0.1, 0.15) is 29.5 Å². The quantitative estimate of drug-likeness (QED) is 0.0775. The molecule has 2 aliphatic heterocycles. The van der Waals surface area contributed by atoms with E-state index in [1.165, 1.54) is 60.1 Å². The third-order valence-electron chi connectivity index (χ3n) is 12.2. The van der Waals surface area contributed by atoms with E-state index in [0.29, 0.717) is 13.1 Å². The van der Waals surface area contributed by atoms with Crippen molar-refractivity contribution in [3.8, 4) is 0 Å². The molecule has 0 saturated carbocycles. The zero-order valence-electron chi connectivity index (χ0n) is 42.2. The predicted molar refractivity (Wildman–Crippen MR) is 266 cm³/mol. The van der Waals surface area contributed by atoms with E-state index in [1.54, 1.807) is 13.8 Å². The lowest BCUT2D eigenvalue weighted by molar-refractivity contribution is -0.257. The molecule has 32 heteroatoms. The number of hydrogen-bond donors (Lipinski definition) is 0. The third-order valence-corrected chi connectivity index (χ3v) is 20.2. The number of esters is 2. The molecule has 6 heterocycles. The lowest BCUT2D eigenvalue weighted by Gasteiger charge is -2.34. The molecule has 20 nitrogen and oxygen atoms in total. The van der Waals surface area contributed by atoms with Crippen LogP contribution in [-0.4, -0.2) is 135 Å². The number of halogens is 8. The highest BCUT2D eigenvalue weighted by Gasteiger charge is 2.52. The second kappa shape index (κ2) is 22.9. The number of aryl methyl sites for hydroxylation is 2. The summed E-state index contributed by atoms with van der Waals surface area (Å²) in [6, 6.07) is 2.65. The molecule has 0 saturated heterocycles. The Balaban J connectivity index is 0.000000281. The molecule has 0 N–H and O–H groups in total.